The SMILES string of the molecule is CN1CCC(=C2c3ccccc3C[C@@H](O)c3sccc32)CC1. The van der Waals surface area contributed by atoms with E-state index in [-0.39, 0.29) is 6.10 Å². The van der Waals surface area contributed by atoms with Crippen LogP contribution >= 0.6 is 11.3 Å². The average Bonchev–Trinajstić information content (AvgIpc) is 2.96. The molecule has 3 heteroatoms. The van der Waals surface area contributed by atoms with Gasteiger partial charge in [0.05, 0.1) is 6.10 Å². The van der Waals surface area contributed by atoms with Crippen LogP contribution in [0.5, 0.6) is 0 Å². The molecule has 1 N–H and O–H groups in total. The van der Waals surface area contributed by atoms with Gasteiger partial charge in [-0.25, -0.2) is 0 Å². The molecule has 2 heterocycles. The summed E-state index contributed by atoms with van der Waals surface area (Å²) in [5.41, 5.74) is 6.83. The number of piperidine rings is 1. The van der Waals surface area contributed by atoms with Gasteiger partial charge in [-0.2, -0.15) is 0 Å². The van der Waals surface area contributed by atoms with Crippen molar-refractivity contribution in [3.63, 3.8) is 0 Å². The number of aliphatic hydroxyl groups excluding tert-OH is 1. The van der Waals surface area contributed by atoms with Gasteiger partial charge in [-0.05, 0) is 53.6 Å². The molecule has 0 bridgehead atoms. The zero-order chi connectivity index (χ0) is 15.1. The van der Waals surface area contributed by atoms with Crippen LogP contribution in [0.3, 0.4) is 0 Å². The lowest BCUT2D eigenvalue weighted by Gasteiger charge is -2.27. The summed E-state index contributed by atoms with van der Waals surface area (Å²) >= 11 is 1.69. The molecule has 22 heavy (non-hydrogen) atoms. The minimum atomic E-state index is -0.375. The lowest BCUT2D eigenvalue weighted by Crippen LogP contribution is -2.27. The molecule has 0 amide bonds. The minimum Gasteiger partial charge on any atom is -0.387 e. The number of hydrogen-bond donors (Lipinski definition) is 1. The molecule has 1 saturated heterocycles. The first kappa shape index (κ1) is 14.2. The van der Waals surface area contributed by atoms with Gasteiger partial charge < -0.3 is 10.0 Å². The fourth-order valence-electron chi connectivity index (χ4n) is 3.69. The molecule has 1 aromatic heterocycles. The van der Waals surface area contributed by atoms with E-state index >= 15 is 0 Å². The Balaban J connectivity index is 1.94. The molecule has 2 aromatic rings. The van der Waals surface area contributed by atoms with Gasteiger partial charge in [-0.15, -0.1) is 11.3 Å². The van der Waals surface area contributed by atoms with Gasteiger partial charge >= 0.3 is 0 Å². The molecule has 1 fully saturated rings. The van der Waals surface area contributed by atoms with E-state index in [0.29, 0.717) is 0 Å². The van der Waals surface area contributed by atoms with Gasteiger partial charge in [0.1, 0.15) is 0 Å². The number of nitrogens with zero attached hydrogens (tertiary/aromatic N) is 1. The van der Waals surface area contributed by atoms with E-state index in [1.165, 1.54) is 22.3 Å². The maximum atomic E-state index is 10.6. The third-order valence-corrected chi connectivity index (χ3v) is 5.93. The lowest BCUT2D eigenvalue weighted by molar-refractivity contribution is 0.182. The fourth-order valence-corrected chi connectivity index (χ4v) is 4.58. The summed E-state index contributed by atoms with van der Waals surface area (Å²) in [5.74, 6) is 0. The quantitative estimate of drug-likeness (QED) is 0.798. The van der Waals surface area contributed by atoms with Crippen LogP contribution in [0.2, 0.25) is 0 Å². The van der Waals surface area contributed by atoms with Crippen molar-refractivity contribution in [2.45, 2.75) is 25.4 Å². The predicted molar refractivity (Wildman–Crippen MR) is 92.2 cm³/mol. The van der Waals surface area contributed by atoms with E-state index < -0.39 is 0 Å². The van der Waals surface area contributed by atoms with E-state index in [4.69, 9.17) is 0 Å². The van der Waals surface area contributed by atoms with Crippen LogP contribution in [-0.4, -0.2) is 30.1 Å². The fraction of sp³-hybridized carbons (Fsp3) is 0.368. The predicted octanol–water partition coefficient (Wildman–Crippen LogP) is 3.87. The highest BCUT2D eigenvalue weighted by Gasteiger charge is 2.27. The van der Waals surface area contributed by atoms with Gasteiger partial charge in [0.15, 0.2) is 0 Å². The number of benzene rings is 1. The summed E-state index contributed by atoms with van der Waals surface area (Å²) in [6.07, 6.45) is 2.61. The van der Waals surface area contributed by atoms with Crippen LogP contribution < -0.4 is 0 Å². The Bertz CT molecular complexity index is 721. The molecular weight excluding hydrogens is 290 g/mol. The highest BCUT2D eigenvalue weighted by molar-refractivity contribution is 7.10. The van der Waals surface area contributed by atoms with Crippen molar-refractivity contribution in [3.8, 4) is 0 Å². The highest BCUT2D eigenvalue weighted by atomic mass is 32.1. The maximum absolute atomic E-state index is 10.6. The van der Waals surface area contributed by atoms with Crippen LogP contribution in [0.4, 0.5) is 0 Å². The molecule has 1 aromatic carbocycles. The zero-order valence-corrected chi connectivity index (χ0v) is 13.7. The van der Waals surface area contributed by atoms with E-state index in [1.807, 2.05) is 0 Å². The molecule has 0 unspecified atom stereocenters. The zero-order valence-electron chi connectivity index (χ0n) is 12.9. The molecule has 114 valence electrons. The maximum Gasteiger partial charge on any atom is 0.0928 e. The molecule has 2 nitrogen and oxygen atoms in total. The Morgan fingerprint density at radius 3 is 2.68 bits per heavy atom. The third-order valence-electron chi connectivity index (χ3n) is 4.91. The van der Waals surface area contributed by atoms with E-state index in [0.717, 1.165) is 37.2 Å². The Kier molecular flexibility index (Phi) is 3.65. The first-order chi connectivity index (χ1) is 10.7. The standard InChI is InChI=1S/C19H21NOS/c1-20-9-6-13(7-10-20)18-15-5-3-2-4-14(15)12-17(21)19-16(18)8-11-22-19/h2-5,8,11,17,21H,6-7,9-10,12H2,1H3/t17-/m1/s1. The summed E-state index contributed by atoms with van der Waals surface area (Å²) in [4.78, 5) is 3.54. The van der Waals surface area contributed by atoms with Crippen molar-refractivity contribution < 1.29 is 5.11 Å². The molecule has 1 aliphatic heterocycles. The Hall–Kier alpha value is -1.42. The smallest absolute Gasteiger partial charge is 0.0928 e. The molecule has 0 spiro atoms. The summed E-state index contributed by atoms with van der Waals surface area (Å²) in [5, 5.41) is 12.7. The molecule has 0 radical (unpaired) electrons. The van der Waals surface area contributed by atoms with Crippen molar-refractivity contribution >= 4 is 16.9 Å². The van der Waals surface area contributed by atoms with E-state index in [1.54, 1.807) is 16.9 Å². The normalized spacial score (nSPS) is 22.2. The lowest BCUT2D eigenvalue weighted by atomic mass is 9.88. The van der Waals surface area contributed by atoms with Crippen molar-refractivity contribution in [2.75, 3.05) is 20.1 Å². The second kappa shape index (κ2) is 5.65. The molecular formula is C19H21NOS. The molecule has 2 aliphatic rings. The van der Waals surface area contributed by atoms with Crippen molar-refractivity contribution in [1.29, 1.82) is 0 Å². The second-order valence-electron chi connectivity index (χ2n) is 6.36. The number of rotatable bonds is 0. The van der Waals surface area contributed by atoms with E-state index in [9.17, 15) is 5.11 Å². The Labute approximate surface area is 135 Å². The highest BCUT2D eigenvalue weighted by Crippen LogP contribution is 2.43. The van der Waals surface area contributed by atoms with Gasteiger partial charge in [0, 0.05) is 24.4 Å². The summed E-state index contributed by atoms with van der Waals surface area (Å²) in [6, 6.07) is 10.8. The first-order valence-electron chi connectivity index (χ1n) is 7.98. The molecule has 4 rings (SSSR count). The topological polar surface area (TPSA) is 23.5 Å². The Morgan fingerprint density at radius 1 is 1.09 bits per heavy atom. The molecule has 0 saturated carbocycles. The first-order valence-corrected chi connectivity index (χ1v) is 8.86. The van der Waals surface area contributed by atoms with Crippen LogP contribution in [0.15, 0.2) is 41.3 Å². The summed E-state index contributed by atoms with van der Waals surface area (Å²) in [6.45, 7) is 2.26. The van der Waals surface area contributed by atoms with Gasteiger partial charge in [-0.3, -0.25) is 0 Å². The third kappa shape index (κ3) is 2.34. The molecule has 1 atom stereocenters. The second-order valence-corrected chi connectivity index (χ2v) is 7.31. The number of likely N-dealkylation sites (tertiary alicyclic amines) is 1. The number of fused-ring (bicyclic) bond motifs is 2. The number of aliphatic hydroxyl groups is 1. The number of hydrogen-bond acceptors (Lipinski definition) is 3. The van der Waals surface area contributed by atoms with Gasteiger partial charge in [0.2, 0.25) is 0 Å². The summed E-state index contributed by atoms with van der Waals surface area (Å²) < 4.78 is 0. The van der Waals surface area contributed by atoms with Crippen LogP contribution in [0.1, 0.15) is 40.5 Å². The van der Waals surface area contributed by atoms with Crippen LogP contribution in [0.25, 0.3) is 5.57 Å². The van der Waals surface area contributed by atoms with Gasteiger partial charge in [0.25, 0.3) is 0 Å². The average molecular weight is 311 g/mol. The number of thiophene rings is 1. The van der Waals surface area contributed by atoms with Crippen molar-refractivity contribution in [2.24, 2.45) is 0 Å². The Morgan fingerprint density at radius 2 is 1.86 bits per heavy atom. The monoisotopic (exact) mass is 311 g/mol. The van der Waals surface area contributed by atoms with Crippen LogP contribution in [-0.2, 0) is 6.42 Å². The van der Waals surface area contributed by atoms with Gasteiger partial charge in [-0.1, -0.05) is 29.8 Å². The minimum absolute atomic E-state index is 0.375. The van der Waals surface area contributed by atoms with Crippen molar-refractivity contribution in [1.82, 2.24) is 4.90 Å². The largest absolute Gasteiger partial charge is 0.387 e. The van der Waals surface area contributed by atoms with E-state index in [2.05, 4.69) is 47.7 Å². The molecule has 1 aliphatic carbocycles. The van der Waals surface area contributed by atoms with Crippen LogP contribution in [0, 0.1) is 0 Å². The van der Waals surface area contributed by atoms with Crippen molar-refractivity contribution in [3.05, 3.63) is 62.9 Å². The summed E-state index contributed by atoms with van der Waals surface area (Å²) in [7, 11) is 2.20.